The number of carboxylic acid groups (broad SMARTS) is 1. The minimum Gasteiger partial charge on any atom is -0.477 e. The van der Waals surface area contributed by atoms with Crippen molar-refractivity contribution in [1.29, 1.82) is 0 Å². The standard InChI is InChI=1S/C11H9ClN2O4S/c1-5-8(11(16)17)19-7(14-5)4-13-10(15)6-2-3-18-9(6)12/h2-3H,4H2,1H3,(H,13,15)(H,16,17). The maximum absolute atomic E-state index is 11.7. The molecule has 6 nitrogen and oxygen atoms in total. The van der Waals surface area contributed by atoms with Gasteiger partial charge in [-0.1, -0.05) is 0 Å². The van der Waals surface area contributed by atoms with Crippen LogP contribution in [0.1, 0.15) is 30.7 Å². The van der Waals surface area contributed by atoms with Crippen molar-refractivity contribution in [2.75, 3.05) is 0 Å². The number of carboxylic acids is 1. The highest BCUT2D eigenvalue weighted by Crippen LogP contribution is 2.19. The molecule has 0 unspecified atom stereocenters. The number of nitrogens with one attached hydrogen (secondary N) is 1. The number of rotatable bonds is 4. The largest absolute Gasteiger partial charge is 0.477 e. The first-order valence-electron chi connectivity index (χ1n) is 5.20. The molecule has 0 radical (unpaired) electrons. The number of hydrogen-bond acceptors (Lipinski definition) is 5. The fraction of sp³-hybridized carbons (Fsp3) is 0.182. The molecule has 0 saturated heterocycles. The van der Waals surface area contributed by atoms with E-state index in [4.69, 9.17) is 21.1 Å². The number of furan rings is 1. The molecule has 2 N–H and O–H groups in total. The van der Waals surface area contributed by atoms with Crippen LogP contribution < -0.4 is 5.32 Å². The van der Waals surface area contributed by atoms with Crippen LogP contribution in [0.4, 0.5) is 0 Å². The van der Waals surface area contributed by atoms with E-state index in [-0.39, 0.29) is 22.2 Å². The first kappa shape index (κ1) is 13.6. The van der Waals surface area contributed by atoms with E-state index in [2.05, 4.69) is 10.3 Å². The van der Waals surface area contributed by atoms with E-state index in [1.165, 1.54) is 12.3 Å². The van der Waals surface area contributed by atoms with Gasteiger partial charge in [-0.05, 0) is 24.6 Å². The first-order chi connectivity index (χ1) is 8.99. The number of halogens is 1. The van der Waals surface area contributed by atoms with Gasteiger partial charge in [0.2, 0.25) is 5.22 Å². The summed E-state index contributed by atoms with van der Waals surface area (Å²) in [6.07, 6.45) is 1.31. The molecule has 0 aromatic carbocycles. The second-order valence-corrected chi connectivity index (χ2v) is 5.04. The molecule has 8 heteroatoms. The smallest absolute Gasteiger partial charge is 0.347 e. The summed E-state index contributed by atoms with van der Waals surface area (Å²) in [7, 11) is 0. The molecule has 2 aromatic heterocycles. The summed E-state index contributed by atoms with van der Waals surface area (Å²) in [5.74, 6) is -1.42. The Morgan fingerprint density at radius 1 is 1.58 bits per heavy atom. The zero-order chi connectivity index (χ0) is 14.0. The molecular weight excluding hydrogens is 292 g/mol. The van der Waals surface area contributed by atoms with Crippen molar-refractivity contribution in [2.24, 2.45) is 0 Å². The van der Waals surface area contributed by atoms with Crippen LogP contribution in [0.2, 0.25) is 5.22 Å². The van der Waals surface area contributed by atoms with Crippen molar-refractivity contribution in [3.05, 3.63) is 38.7 Å². The molecule has 2 aromatic rings. The molecule has 100 valence electrons. The Labute approximate surface area is 117 Å². The van der Waals surface area contributed by atoms with Crippen molar-refractivity contribution < 1.29 is 19.1 Å². The van der Waals surface area contributed by atoms with Crippen LogP contribution in [0.3, 0.4) is 0 Å². The Morgan fingerprint density at radius 3 is 2.84 bits per heavy atom. The molecule has 2 rings (SSSR count). The van der Waals surface area contributed by atoms with Gasteiger partial charge >= 0.3 is 5.97 Å². The summed E-state index contributed by atoms with van der Waals surface area (Å²) >= 11 is 6.70. The molecule has 0 aliphatic heterocycles. The van der Waals surface area contributed by atoms with Crippen LogP contribution in [0, 0.1) is 6.92 Å². The topological polar surface area (TPSA) is 92.4 Å². The molecule has 0 bridgehead atoms. The minimum absolute atomic E-state index is 0.0130. The molecule has 0 saturated carbocycles. The number of nitrogens with zero attached hydrogens (tertiary/aromatic N) is 1. The lowest BCUT2D eigenvalue weighted by molar-refractivity contribution is 0.0701. The van der Waals surface area contributed by atoms with Gasteiger partial charge in [0, 0.05) is 0 Å². The zero-order valence-corrected chi connectivity index (χ0v) is 11.3. The van der Waals surface area contributed by atoms with E-state index >= 15 is 0 Å². The third kappa shape index (κ3) is 2.94. The number of aromatic nitrogens is 1. The van der Waals surface area contributed by atoms with E-state index in [1.807, 2.05) is 0 Å². The summed E-state index contributed by atoms with van der Waals surface area (Å²) in [6, 6.07) is 1.45. The van der Waals surface area contributed by atoms with E-state index in [9.17, 15) is 9.59 Å². The van der Waals surface area contributed by atoms with Crippen LogP contribution in [0.5, 0.6) is 0 Å². The number of carbonyl (C=O) groups excluding carboxylic acids is 1. The Morgan fingerprint density at radius 2 is 2.32 bits per heavy atom. The predicted octanol–water partition coefficient (Wildman–Crippen LogP) is 2.33. The molecule has 0 spiro atoms. The normalized spacial score (nSPS) is 10.4. The van der Waals surface area contributed by atoms with Crippen molar-refractivity contribution in [1.82, 2.24) is 10.3 Å². The summed E-state index contributed by atoms with van der Waals surface area (Å²) in [5, 5.41) is 12.0. The van der Waals surface area contributed by atoms with Crippen molar-refractivity contribution in [3.8, 4) is 0 Å². The number of aromatic carboxylic acids is 1. The van der Waals surface area contributed by atoms with Crippen molar-refractivity contribution in [3.63, 3.8) is 0 Å². The number of carbonyl (C=O) groups is 2. The van der Waals surface area contributed by atoms with Gasteiger partial charge in [0.1, 0.15) is 9.88 Å². The van der Waals surface area contributed by atoms with Crippen molar-refractivity contribution >= 4 is 34.8 Å². The van der Waals surface area contributed by atoms with Gasteiger partial charge in [-0.15, -0.1) is 11.3 Å². The highest BCUT2D eigenvalue weighted by molar-refractivity contribution is 7.13. The summed E-state index contributed by atoms with van der Waals surface area (Å²) < 4.78 is 4.81. The molecule has 0 aliphatic rings. The SMILES string of the molecule is Cc1nc(CNC(=O)c2ccoc2Cl)sc1C(=O)O. The quantitative estimate of drug-likeness (QED) is 0.904. The summed E-state index contributed by atoms with van der Waals surface area (Å²) in [4.78, 5) is 26.8. The van der Waals surface area contributed by atoms with Gasteiger partial charge in [-0.25, -0.2) is 9.78 Å². The van der Waals surface area contributed by atoms with Crippen LogP contribution in [0.25, 0.3) is 0 Å². The van der Waals surface area contributed by atoms with Crippen LogP contribution in [-0.2, 0) is 6.54 Å². The monoisotopic (exact) mass is 300 g/mol. The highest BCUT2D eigenvalue weighted by atomic mass is 35.5. The lowest BCUT2D eigenvalue weighted by atomic mass is 10.3. The highest BCUT2D eigenvalue weighted by Gasteiger charge is 2.16. The second-order valence-electron chi connectivity index (χ2n) is 3.62. The molecule has 0 fully saturated rings. The average Bonchev–Trinajstić information content (AvgIpc) is 2.92. The molecule has 0 atom stereocenters. The maximum Gasteiger partial charge on any atom is 0.347 e. The van der Waals surface area contributed by atoms with Gasteiger partial charge in [-0.3, -0.25) is 4.79 Å². The Hall–Kier alpha value is -1.86. The lowest BCUT2D eigenvalue weighted by Crippen LogP contribution is -2.22. The maximum atomic E-state index is 11.7. The first-order valence-corrected chi connectivity index (χ1v) is 6.39. The molecular formula is C11H9ClN2O4S. The third-order valence-electron chi connectivity index (χ3n) is 2.30. The Balaban J connectivity index is 2.03. The average molecular weight is 301 g/mol. The predicted molar refractivity (Wildman–Crippen MR) is 68.7 cm³/mol. The number of thiazole rings is 1. The van der Waals surface area contributed by atoms with Gasteiger partial charge in [0.25, 0.3) is 5.91 Å². The van der Waals surface area contributed by atoms with E-state index in [0.29, 0.717) is 10.7 Å². The molecule has 19 heavy (non-hydrogen) atoms. The fourth-order valence-corrected chi connectivity index (χ4v) is 2.48. The molecule has 2 heterocycles. The molecule has 0 aliphatic carbocycles. The number of amides is 1. The minimum atomic E-state index is -1.02. The zero-order valence-electron chi connectivity index (χ0n) is 9.77. The fourth-order valence-electron chi connectivity index (χ4n) is 1.43. The van der Waals surface area contributed by atoms with E-state index < -0.39 is 11.9 Å². The van der Waals surface area contributed by atoms with Gasteiger partial charge in [0.05, 0.1) is 24.1 Å². The summed E-state index contributed by atoms with van der Waals surface area (Å²) in [6.45, 7) is 1.75. The van der Waals surface area contributed by atoms with Crippen LogP contribution in [-0.4, -0.2) is 22.0 Å². The van der Waals surface area contributed by atoms with E-state index in [0.717, 1.165) is 11.3 Å². The molecule has 1 amide bonds. The number of aryl methyl sites for hydroxylation is 1. The van der Waals surface area contributed by atoms with Crippen molar-refractivity contribution in [2.45, 2.75) is 13.5 Å². The van der Waals surface area contributed by atoms with Gasteiger partial charge in [-0.2, -0.15) is 0 Å². The Kier molecular flexibility index (Phi) is 3.87. The second kappa shape index (κ2) is 5.41. The lowest BCUT2D eigenvalue weighted by Gasteiger charge is -2.00. The van der Waals surface area contributed by atoms with Gasteiger partial charge in [0.15, 0.2) is 0 Å². The van der Waals surface area contributed by atoms with Crippen LogP contribution >= 0.6 is 22.9 Å². The summed E-state index contributed by atoms with van der Waals surface area (Å²) in [5.41, 5.74) is 0.663. The Bertz CT molecular complexity index is 634. The number of hydrogen-bond donors (Lipinski definition) is 2. The van der Waals surface area contributed by atoms with E-state index in [1.54, 1.807) is 6.92 Å². The van der Waals surface area contributed by atoms with Gasteiger partial charge < -0.3 is 14.8 Å². The third-order valence-corrected chi connectivity index (χ3v) is 3.74. The van der Waals surface area contributed by atoms with Crippen LogP contribution in [0.15, 0.2) is 16.7 Å².